The van der Waals surface area contributed by atoms with Crippen LogP contribution in [0.1, 0.15) is 15.9 Å². The molecular weight excluding hydrogens is 250 g/mol. The second kappa shape index (κ2) is 3.67. The number of pyridine rings is 1. The number of hydrogen-bond acceptors (Lipinski definition) is 2. The lowest BCUT2D eigenvalue weighted by Gasteiger charge is -2.10. The molecule has 0 fully saturated rings. The van der Waals surface area contributed by atoms with Crippen LogP contribution < -0.4 is 5.43 Å². The SMILES string of the molecule is Cc1c2n(c3ccccc3c1=O)C(=O)c1ccccc1-2. The van der Waals surface area contributed by atoms with E-state index < -0.39 is 0 Å². The molecule has 3 heteroatoms. The van der Waals surface area contributed by atoms with Gasteiger partial charge in [-0.15, -0.1) is 0 Å². The highest BCUT2D eigenvalue weighted by atomic mass is 16.2. The Kier molecular flexibility index (Phi) is 2.05. The van der Waals surface area contributed by atoms with Crippen molar-refractivity contribution in [2.24, 2.45) is 0 Å². The lowest BCUT2D eigenvalue weighted by atomic mass is 10.0. The van der Waals surface area contributed by atoms with E-state index in [-0.39, 0.29) is 11.3 Å². The second-order valence-corrected chi connectivity index (χ2v) is 5.01. The van der Waals surface area contributed by atoms with Crippen LogP contribution in [0, 0.1) is 6.92 Å². The van der Waals surface area contributed by atoms with E-state index in [4.69, 9.17) is 0 Å². The van der Waals surface area contributed by atoms with Gasteiger partial charge in [0.2, 0.25) is 0 Å². The minimum absolute atomic E-state index is 0.00338. The molecule has 2 heterocycles. The van der Waals surface area contributed by atoms with Crippen molar-refractivity contribution >= 4 is 16.8 Å². The summed E-state index contributed by atoms with van der Waals surface area (Å²) in [5.41, 5.74) is 3.54. The van der Waals surface area contributed by atoms with E-state index in [1.165, 1.54) is 0 Å². The summed E-state index contributed by atoms with van der Waals surface area (Å²) in [5, 5.41) is 0.593. The number of para-hydroxylation sites is 1. The fourth-order valence-corrected chi connectivity index (χ4v) is 2.99. The topological polar surface area (TPSA) is 39.1 Å². The molecule has 96 valence electrons. The molecule has 0 amide bonds. The van der Waals surface area contributed by atoms with Gasteiger partial charge in [-0.2, -0.15) is 0 Å². The van der Waals surface area contributed by atoms with E-state index >= 15 is 0 Å². The van der Waals surface area contributed by atoms with Gasteiger partial charge < -0.3 is 0 Å². The van der Waals surface area contributed by atoms with Crippen LogP contribution in [-0.4, -0.2) is 10.5 Å². The van der Waals surface area contributed by atoms with Gasteiger partial charge in [0.1, 0.15) is 0 Å². The average molecular weight is 261 g/mol. The van der Waals surface area contributed by atoms with Gasteiger partial charge in [-0.25, -0.2) is 0 Å². The molecule has 0 N–H and O–H groups in total. The zero-order chi connectivity index (χ0) is 13.9. The summed E-state index contributed by atoms with van der Waals surface area (Å²) in [6.45, 7) is 1.79. The third kappa shape index (κ3) is 1.19. The molecule has 0 saturated heterocycles. The normalized spacial score (nSPS) is 12.6. The van der Waals surface area contributed by atoms with Crippen molar-refractivity contribution < 1.29 is 4.79 Å². The largest absolute Gasteiger partial charge is 0.289 e. The Morgan fingerprint density at radius 1 is 0.850 bits per heavy atom. The zero-order valence-corrected chi connectivity index (χ0v) is 10.9. The van der Waals surface area contributed by atoms with Crippen molar-refractivity contribution in [3.8, 4) is 11.3 Å². The number of aromatic nitrogens is 1. The predicted molar refractivity (Wildman–Crippen MR) is 78.1 cm³/mol. The molecule has 1 aromatic heterocycles. The van der Waals surface area contributed by atoms with Gasteiger partial charge in [-0.3, -0.25) is 14.2 Å². The predicted octanol–water partition coefficient (Wildman–Crippen LogP) is 2.98. The van der Waals surface area contributed by atoms with Crippen LogP contribution in [0.25, 0.3) is 22.2 Å². The maximum absolute atomic E-state index is 12.6. The van der Waals surface area contributed by atoms with Crippen LogP contribution in [0.5, 0.6) is 0 Å². The Balaban J connectivity index is 2.30. The van der Waals surface area contributed by atoms with Crippen molar-refractivity contribution in [3.63, 3.8) is 0 Å². The lowest BCUT2D eigenvalue weighted by Crippen LogP contribution is -2.16. The molecule has 0 aliphatic carbocycles. The average Bonchev–Trinajstić information content (AvgIpc) is 2.79. The molecule has 0 spiro atoms. The zero-order valence-electron chi connectivity index (χ0n) is 10.9. The molecule has 2 aromatic carbocycles. The Morgan fingerprint density at radius 3 is 2.30 bits per heavy atom. The number of benzene rings is 2. The Bertz CT molecular complexity index is 951. The molecule has 3 nitrogen and oxygen atoms in total. The lowest BCUT2D eigenvalue weighted by molar-refractivity contribution is 0.0973. The summed E-state index contributed by atoms with van der Waals surface area (Å²) >= 11 is 0. The summed E-state index contributed by atoms with van der Waals surface area (Å²) in [4.78, 5) is 25.1. The van der Waals surface area contributed by atoms with Gasteiger partial charge in [0.15, 0.2) is 5.43 Å². The van der Waals surface area contributed by atoms with E-state index in [1.807, 2.05) is 42.5 Å². The molecule has 1 aliphatic heterocycles. The molecule has 0 unspecified atom stereocenters. The van der Waals surface area contributed by atoms with Gasteiger partial charge in [-0.05, 0) is 25.1 Å². The maximum atomic E-state index is 12.6. The van der Waals surface area contributed by atoms with Gasteiger partial charge in [-0.1, -0.05) is 30.3 Å². The molecule has 1 aliphatic rings. The highest BCUT2D eigenvalue weighted by molar-refractivity contribution is 6.13. The van der Waals surface area contributed by atoms with Crippen LogP contribution in [-0.2, 0) is 0 Å². The maximum Gasteiger partial charge on any atom is 0.263 e. The Hall–Kier alpha value is -2.68. The third-order valence-electron chi connectivity index (χ3n) is 3.92. The quantitative estimate of drug-likeness (QED) is 0.488. The third-order valence-corrected chi connectivity index (χ3v) is 3.92. The fraction of sp³-hybridized carbons (Fsp3) is 0.0588. The fourth-order valence-electron chi connectivity index (χ4n) is 2.99. The van der Waals surface area contributed by atoms with Crippen LogP contribution in [0.3, 0.4) is 0 Å². The highest BCUT2D eigenvalue weighted by Gasteiger charge is 2.29. The second-order valence-electron chi connectivity index (χ2n) is 5.01. The van der Waals surface area contributed by atoms with Crippen LogP contribution in [0.2, 0.25) is 0 Å². The van der Waals surface area contributed by atoms with Crippen molar-refractivity contribution in [2.75, 3.05) is 0 Å². The van der Waals surface area contributed by atoms with Crippen molar-refractivity contribution in [1.82, 2.24) is 4.57 Å². The van der Waals surface area contributed by atoms with E-state index in [2.05, 4.69) is 0 Å². The van der Waals surface area contributed by atoms with Crippen LogP contribution in [0.4, 0.5) is 0 Å². The number of hydrogen-bond donors (Lipinski definition) is 0. The minimum atomic E-state index is -0.0603. The van der Waals surface area contributed by atoms with E-state index in [9.17, 15) is 9.59 Å². The van der Waals surface area contributed by atoms with E-state index in [0.29, 0.717) is 22.0 Å². The number of nitrogens with zero attached hydrogens (tertiary/aromatic N) is 1. The molecular formula is C17H11NO2. The molecule has 3 aromatic rings. The van der Waals surface area contributed by atoms with Crippen LogP contribution in [0.15, 0.2) is 53.3 Å². The first-order valence-corrected chi connectivity index (χ1v) is 6.48. The standard InChI is InChI=1S/C17H11NO2/c1-10-15-11-6-2-3-7-12(11)17(20)18(15)14-9-5-4-8-13(14)16(10)19/h2-9H,1H3. The van der Waals surface area contributed by atoms with Gasteiger partial charge in [0.05, 0.1) is 11.2 Å². The summed E-state index contributed by atoms with van der Waals surface area (Å²) in [6, 6.07) is 14.7. The molecule has 20 heavy (non-hydrogen) atoms. The first-order valence-electron chi connectivity index (χ1n) is 6.48. The van der Waals surface area contributed by atoms with Gasteiger partial charge in [0.25, 0.3) is 5.91 Å². The summed E-state index contributed by atoms with van der Waals surface area (Å²) < 4.78 is 1.66. The number of fused-ring (bicyclic) bond motifs is 5. The summed E-state index contributed by atoms with van der Waals surface area (Å²) in [6.07, 6.45) is 0. The number of carbonyl (C=O) groups is 1. The van der Waals surface area contributed by atoms with E-state index in [1.54, 1.807) is 17.6 Å². The highest BCUT2D eigenvalue weighted by Crippen LogP contribution is 2.35. The first-order chi connectivity index (χ1) is 9.70. The van der Waals surface area contributed by atoms with Gasteiger partial charge >= 0.3 is 0 Å². The van der Waals surface area contributed by atoms with Crippen molar-refractivity contribution in [2.45, 2.75) is 6.92 Å². The summed E-state index contributed by atoms with van der Waals surface area (Å²) in [7, 11) is 0. The number of carbonyl (C=O) groups excluding carboxylic acids is 1. The van der Waals surface area contributed by atoms with Crippen LogP contribution >= 0.6 is 0 Å². The molecule has 0 bridgehead atoms. The van der Waals surface area contributed by atoms with Gasteiger partial charge in [0, 0.05) is 22.1 Å². The molecule has 0 saturated carbocycles. The van der Waals surface area contributed by atoms with E-state index in [0.717, 1.165) is 11.3 Å². The minimum Gasteiger partial charge on any atom is -0.289 e. The smallest absolute Gasteiger partial charge is 0.263 e. The molecule has 0 atom stereocenters. The Labute approximate surface area is 115 Å². The van der Waals surface area contributed by atoms with Crippen molar-refractivity contribution in [3.05, 3.63) is 69.9 Å². The summed E-state index contributed by atoms with van der Waals surface area (Å²) in [5.74, 6) is -0.0603. The van der Waals surface area contributed by atoms with Crippen molar-refractivity contribution in [1.29, 1.82) is 0 Å². The number of rotatable bonds is 0. The molecule has 0 radical (unpaired) electrons. The monoisotopic (exact) mass is 261 g/mol. The first kappa shape index (κ1) is 11.2. The molecule has 4 rings (SSSR count). The Morgan fingerprint density at radius 2 is 1.50 bits per heavy atom.